The second-order valence-electron chi connectivity index (χ2n) is 10.3. The number of benzene rings is 2. The van der Waals surface area contributed by atoms with Crippen LogP contribution in [-0.2, 0) is 16.0 Å². The van der Waals surface area contributed by atoms with Gasteiger partial charge in [-0.25, -0.2) is 0 Å². The Hall–Kier alpha value is -3.09. The summed E-state index contributed by atoms with van der Waals surface area (Å²) < 4.78 is 5.58. The zero-order valence-electron chi connectivity index (χ0n) is 21.4. The summed E-state index contributed by atoms with van der Waals surface area (Å²) in [5.74, 6) is 0.178. The summed E-state index contributed by atoms with van der Waals surface area (Å²) in [6.45, 7) is 7.80. The Balaban J connectivity index is 1.41. The molecule has 1 saturated heterocycles. The molecule has 5 nitrogen and oxygen atoms in total. The van der Waals surface area contributed by atoms with Crippen LogP contribution in [0.5, 0.6) is 0 Å². The van der Waals surface area contributed by atoms with Crippen molar-refractivity contribution in [1.29, 1.82) is 0 Å². The molecule has 2 fully saturated rings. The highest BCUT2D eigenvalue weighted by atomic mass is 32.1. The highest BCUT2D eigenvalue weighted by Gasteiger charge is 2.44. The van der Waals surface area contributed by atoms with Crippen molar-refractivity contribution in [3.63, 3.8) is 0 Å². The Morgan fingerprint density at radius 2 is 1.81 bits per heavy atom. The maximum absolute atomic E-state index is 14.4. The summed E-state index contributed by atoms with van der Waals surface area (Å²) in [6, 6.07) is 21.1. The molecule has 6 heteroatoms. The Morgan fingerprint density at radius 3 is 2.59 bits per heavy atom. The first-order valence-corrected chi connectivity index (χ1v) is 14.4. The fourth-order valence-corrected chi connectivity index (χ4v) is 6.90. The molecule has 1 amide bonds. The lowest BCUT2D eigenvalue weighted by Crippen LogP contribution is -2.43. The Bertz CT molecular complexity index is 1240. The van der Waals surface area contributed by atoms with Crippen molar-refractivity contribution in [3.8, 4) is 0 Å². The smallest absolute Gasteiger partial charge is 0.255 e. The number of carbonyl (C=O) groups excluding carboxylic acids is 1. The molecule has 37 heavy (non-hydrogen) atoms. The number of fused-ring (bicyclic) bond motifs is 1. The molecule has 1 unspecified atom stereocenters. The van der Waals surface area contributed by atoms with Crippen molar-refractivity contribution in [1.82, 2.24) is 0 Å². The third-order valence-electron chi connectivity index (χ3n) is 7.94. The average Bonchev–Trinajstić information content (AvgIpc) is 3.56. The molecule has 0 N–H and O–H groups in total. The number of allylic oxidation sites excluding steroid dienone is 1. The lowest BCUT2D eigenvalue weighted by Gasteiger charge is -2.35. The summed E-state index contributed by atoms with van der Waals surface area (Å²) in [5, 5.41) is 2.10. The number of rotatable bonds is 7. The molecule has 6 rings (SSSR count). The number of nitrogens with zero attached hydrogens (tertiary/aromatic N) is 3. The molecule has 0 radical (unpaired) electrons. The van der Waals surface area contributed by atoms with E-state index in [9.17, 15) is 4.79 Å². The predicted octanol–water partition coefficient (Wildman–Crippen LogP) is 6.57. The highest BCUT2D eigenvalue weighted by Crippen LogP contribution is 2.46. The SMILES string of the molecule is C=C(Cc1cccs1)N(c1cccc(N2CCOCC2)c1)C1C(=O)N(C2CCCCC2)c2ccccc21. The predicted molar refractivity (Wildman–Crippen MR) is 153 cm³/mol. The van der Waals surface area contributed by atoms with Crippen molar-refractivity contribution in [2.45, 2.75) is 50.6 Å². The molecule has 3 aromatic rings. The van der Waals surface area contributed by atoms with E-state index in [0.29, 0.717) is 0 Å². The van der Waals surface area contributed by atoms with Crippen LogP contribution in [0, 0.1) is 0 Å². The normalized spacial score (nSPS) is 20.2. The molecule has 1 aliphatic carbocycles. The van der Waals surface area contributed by atoms with Crippen molar-refractivity contribution in [2.24, 2.45) is 0 Å². The van der Waals surface area contributed by atoms with Crippen LogP contribution in [0.3, 0.4) is 0 Å². The first kappa shape index (κ1) is 24.3. The van der Waals surface area contributed by atoms with Gasteiger partial charge in [-0.2, -0.15) is 0 Å². The van der Waals surface area contributed by atoms with Crippen LogP contribution in [0.25, 0.3) is 0 Å². The molecular formula is C31H35N3O2S. The number of ether oxygens (including phenoxy) is 1. The fourth-order valence-electron chi connectivity index (χ4n) is 6.16. The Kier molecular flexibility index (Phi) is 7.03. The number of thiophene rings is 1. The van der Waals surface area contributed by atoms with Crippen LogP contribution in [0.1, 0.15) is 48.6 Å². The lowest BCUT2D eigenvalue weighted by atomic mass is 9.94. The summed E-state index contributed by atoms with van der Waals surface area (Å²) in [6.07, 6.45) is 6.52. The number of amides is 1. The maximum Gasteiger partial charge on any atom is 0.255 e. The van der Waals surface area contributed by atoms with E-state index in [2.05, 4.69) is 87.3 Å². The second-order valence-corrected chi connectivity index (χ2v) is 11.3. The van der Waals surface area contributed by atoms with E-state index < -0.39 is 6.04 Å². The van der Waals surface area contributed by atoms with Crippen molar-refractivity contribution in [2.75, 3.05) is 41.0 Å². The van der Waals surface area contributed by atoms with E-state index in [4.69, 9.17) is 4.74 Å². The average molecular weight is 514 g/mol. The minimum Gasteiger partial charge on any atom is -0.378 e. The zero-order valence-corrected chi connectivity index (χ0v) is 22.2. The molecule has 3 aliphatic rings. The summed E-state index contributed by atoms with van der Waals surface area (Å²) in [7, 11) is 0. The van der Waals surface area contributed by atoms with E-state index in [-0.39, 0.29) is 11.9 Å². The number of morpholine rings is 1. The highest BCUT2D eigenvalue weighted by molar-refractivity contribution is 7.09. The molecule has 1 saturated carbocycles. The summed E-state index contributed by atoms with van der Waals surface area (Å²) >= 11 is 1.74. The zero-order chi connectivity index (χ0) is 25.2. The van der Waals surface area contributed by atoms with Gasteiger partial charge in [-0.3, -0.25) is 4.79 Å². The summed E-state index contributed by atoms with van der Waals surface area (Å²) in [4.78, 5) is 22.3. The van der Waals surface area contributed by atoms with Crippen LogP contribution < -0.4 is 14.7 Å². The van der Waals surface area contributed by atoms with Gasteiger partial charge in [-0.1, -0.05) is 56.2 Å². The van der Waals surface area contributed by atoms with Gasteiger partial charge in [0.05, 0.1) is 13.2 Å². The quantitative estimate of drug-likeness (QED) is 0.358. The minimum atomic E-state index is -0.412. The largest absolute Gasteiger partial charge is 0.378 e. The molecule has 0 bridgehead atoms. The monoisotopic (exact) mass is 513 g/mol. The van der Waals surface area contributed by atoms with Crippen LogP contribution >= 0.6 is 11.3 Å². The number of hydrogen-bond acceptors (Lipinski definition) is 5. The van der Waals surface area contributed by atoms with E-state index in [1.165, 1.54) is 24.1 Å². The van der Waals surface area contributed by atoms with Crippen LogP contribution in [0.15, 0.2) is 78.3 Å². The molecule has 192 valence electrons. The number of para-hydroxylation sites is 1. The number of hydrogen-bond donors (Lipinski definition) is 0. The molecule has 1 atom stereocenters. The Morgan fingerprint density at radius 1 is 1.00 bits per heavy atom. The molecule has 2 aliphatic heterocycles. The van der Waals surface area contributed by atoms with Gasteiger partial charge in [-0.05, 0) is 48.6 Å². The first-order chi connectivity index (χ1) is 18.2. The first-order valence-electron chi connectivity index (χ1n) is 13.5. The third kappa shape index (κ3) is 4.80. The van der Waals surface area contributed by atoms with Gasteiger partial charge < -0.3 is 19.4 Å². The van der Waals surface area contributed by atoms with E-state index in [0.717, 1.165) is 73.9 Å². The standard InChI is InChI=1S/C31H35N3O2S/c1-23(21-27-13-8-20-37-27)33(26-12-7-11-25(22-26)32-16-18-36-19-17-32)30-28-14-5-6-15-29(28)34(31(30)35)24-9-3-2-4-10-24/h5-8,11-15,20,22,24,30H,1-4,9-10,16-19,21H2. The van der Waals surface area contributed by atoms with Crippen LogP contribution in [0.2, 0.25) is 0 Å². The molecule has 1 aromatic heterocycles. The molecule has 3 heterocycles. The fraction of sp³-hybridized carbons (Fsp3) is 0.387. The molecular weight excluding hydrogens is 478 g/mol. The molecule has 2 aromatic carbocycles. The van der Waals surface area contributed by atoms with E-state index >= 15 is 0 Å². The second kappa shape index (κ2) is 10.7. The Labute approximate surface area is 224 Å². The topological polar surface area (TPSA) is 36.0 Å². The van der Waals surface area contributed by atoms with E-state index in [1.807, 2.05) is 0 Å². The van der Waals surface area contributed by atoms with Crippen molar-refractivity contribution < 1.29 is 9.53 Å². The number of anilines is 3. The van der Waals surface area contributed by atoms with Crippen molar-refractivity contribution >= 4 is 34.3 Å². The maximum atomic E-state index is 14.4. The lowest BCUT2D eigenvalue weighted by molar-refractivity contribution is -0.119. The van der Waals surface area contributed by atoms with E-state index in [1.54, 1.807) is 11.3 Å². The third-order valence-corrected chi connectivity index (χ3v) is 8.82. The van der Waals surface area contributed by atoms with Crippen molar-refractivity contribution in [3.05, 3.63) is 88.8 Å². The van der Waals surface area contributed by atoms with Crippen LogP contribution in [-0.4, -0.2) is 38.3 Å². The van der Waals surface area contributed by atoms with Gasteiger partial charge in [0.2, 0.25) is 0 Å². The van der Waals surface area contributed by atoms with Gasteiger partial charge in [0.15, 0.2) is 0 Å². The summed E-state index contributed by atoms with van der Waals surface area (Å²) in [5.41, 5.74) is 5.28. The van der Waals surface area contributed by atoms with Gasteiger partial charge in [0, 0.05) is 58.8 Å². The van der Waals surface area contributed by atoms with Gasteiger partial charge in [0.25, 0.3) is 5.91 Å². The van der Waals surface area contributed by atoms with Gasteiger partial charge in [0.1, 0.15) is 6.04 Å². The minimum absolute atomic E-state index is 0.178. The van der Waals surface area contributed by atoms with Crippen LogP contribution in [0.4, 0.5) is 17.1 Å². The van der Waals surface area contributed by atoms with Gasteiger partial charge in [-0.15, -0.1) is 11.3 Å². The molecule has 0 spiro atoms. The number of carbonyl (C=O) groups is 1. The van der Waals surface area contributed by atoms with Gasteiger partial charge >= 0.3 is 0 Å².